The summed E-state index contributed by atoms with van der Waals surface area (Å²) in [5.74, 6) is 0. The average Bonchev–Trinajstić information content (AvgIpc) is 3.02. The third-order valence-electron chi connectivity index (χ3n) is 4.95. The van der Waals surface area contributed by atoms with E-state index in [0.29, 0.717) is 16.8 Å². The summed E-state index contributed by atoms with van der Waals surface area (Å²) in [5, 5.41) is 11.3. The van der Waals surface area contributed by atoms with Crippen LogP contribution < -0.4 is 5.56 Å². The van der Waals surface area contributed by atoms with Crippen molar-refractivity contribution in [2.45, 2.75) is 31.6 Å². The van der Waals surface area contributed by atoms with Crippen molar-refractivity contribution in [2.75, 3.05) is 20.6 Å². The van der Waals surface area contributed by atoms with Crippen molar-refractivity contribution in [1.29, 1.82) is 5.26 Å². The third kappa shape index (κ3) is 4.14. The fourth-order valence-electron chi connectivity index (χ4n) is 3.65. The van der Waals surface area contributed by atoms with Crippen LogP contribution in [0.3, 0.4) is 0 Å². The highest BCUT2D eigenvalue weighted by Gasteiger charge is 2.28. The lowest BCUT2D eigenvalue weighted by molar-refractivity contribution is 0.516. The average molecular weight is 441 g/mol. The Bertz CT molecular complexity index is 1150. The first kappa shape index (κ1) is 22.1. The zero-order valence-corrected chi connectivity index (χ0v) is 19.2. The molecule has 0 amide bonds. The second-order valence-electron chi connectivity index (χ2n) is 6.92. The number of H-pyrrole nitrogens is 1. The normalized spacial score (nSPS) is 15.5. The van der Waals surface area contributed by atoms with Crippen LogP contribution in [0.15, 0.2) is 68.8 Å². The molecule has 1 aliphatic heterocycles. The first-order valence-corrected chi connectivity index (χ1v) is 11.1. The van der Waals surface area contributed by atoms with Gasteiger partial charge in [-0.15, -0.1) is 0 Å². The molecular formula is C23H25ClN4OS. The van der Waals surface area contributed by atoms with Crippen LogP contribution >= 0.6 is 23.5 Å². The predicted octanol–water partition coefficient (Wildman–Crippen LogP) is 5.47. The second-order valence-corrected chi connectivity index (χ2v) is 8.39. The Hall–Kier alpha value is -2.62. The van der Waals surface area contributed by atoms with Gasteiger partial charge in [-0.1, -0.05) is 37.6 Å². The number of nitriles is 1. The summed E-state index contributed by atoms with van der Waals surface area (Å²) in [5.41, 5.74) is 4.04. The second kappa shape index (κ2) is 9.46. The van der Waals surface area contributed by atoms with Gasteiger partial charge >= 0.3 is 0 Å². The molecule has 156 valence electrons. The van der Waals surface area contributed by atoms with Crippen molar-refractivity contribution in [3.8, 4) is 6.07 Å². The van der Waals surface area contributed by atoms with Crippen molar-refractivity contribution in [1.82, 2.24) is 14.2 Å². The van der Waals surface area contributed by atoms with Crippen LogP contribution in [0.1, 0.15) is 26.7 Å². The number of aromatic nitrogens is 1. The third-order valence-corrected chi connectivity index (χ3v) is 6.39. The largest absolute Gasteiger partial charge is 0.378 e. The van der Waals surface area contributed by atoms with E-state index in [-0.39, 0.29) is 5.56 Å². The summed E-state index contributed by atoms with van der Waals surface area (Å²) in [6, 6.07) is 7.94. The standard InChI is InChI=1S/C21H19ClN4OS.C2H6/c1-25(2)17-7-6-13(11-23)10-18-14(17)8-9-26(18)28-19-5-3-4-15-20(19)16(22)12-24-21(15)27;1-2/h3-5,7,10,12H,6,8-9H2,1-2H3,(H,24,27);1-2H3. The molecule has 0 fully saturated rings. The number of nitrogens with one attached hydrogen (secondary N) is 1. The molecule has 0 unspecified atom stereocenters. The molecule has 0 atom stereocenters. The van der Waals surface area contributed by atoms with Gasteiger partial charge in [0.25, 0.3) is 5.56 Å². The Morgan fingerprint density at radius 2 is 2.07 bits per heavy atom. The number of likely N-dealkylation sites (N-methyl/N-ethyl adjacent to an activating group) is 1. The van der Waals surface area contributed by atoms with E-state index in [0.717, 1.165) is 40.2 Å². The summed E-state index contributed by atoms with van der Waals surface area (Å²) in [6.07, 6.45) is 7.19. The minimum absolute atomic E-state index is 0.151. The lowest BCUT2D eigenvalue weighted by Crippen LogP contribution is -2.13. The van der Waals surface area contributed by atoms with Gasteiger partial charge in [-0.05, 0) is 36.6 Å². The highest BCUT2D eigenvalue weighted by Crippen LogP contribution is 2.42. The number of aromatic amines is 1. The lowest BCUT2D eigenvalue weighted by atomic mass is 10.1. The van der Waals surface area contributed by atoms with Crippen LogP contribution in [-0.4, -0.2) is 34.8 Å². The molecule has 5 nitrogen and oxygen atoms in total. The molecule has 2 aromatic rings. The monoisotopic (exact) mass is 440 g/mol. The summed E-state index contributed by atoms with van der Waals surface area (Å²) < 4.78 is 2.20. The molecule has 0 spiro atoms. The minimum Gasteiger partial charge on any atom is -0.378 e. The van der Waals surface area contributed by atoms with E-state index in [4.69, 9.17) is 11.6 Å². The molecule has 0 saturated carbocycles. The molecule has 1 aromatic carbocycles. The van der Waals surface area contributed by atoms with Crippen LogP contribution in [0.2, 0.25) is 5.02 Å². The van der Waals surface area contributed by atoms with Gasteiger partial charge in [0.2, 0.25) is 0 Å². The summed E-state index contributed by atoms with van der Waals surface area (Å²) in [6.45, 7) is 4.83. The molecule has 7 heteroatoms. The molecular weight excluding hydrogens is 416 g/mol. The highest BCUT2D eigenvalue weighted by molar-refractivity contribution is 7.97. The first-order valence-electron chi connectivity index (χ1n) is 9.96. The van der Waals surface area contributed by atoms with Crippen molar-refractivity contribution < 1.29 is 0 Å². The van der Waals surface area contributed by atoms with E-state index in [1.54, 1.807) is 18.0 Å². The maximum absolute atomic E-state index is 12.2. The van der Waals surface area contributed by atoms with E-state index in [1.807, 2.05) is 46.2 Å². The van der Waals surface area contributed by atoms with Gasteiger partial charge in [-0.3, -0.25) is 4.79 Å². The van der Waals surface area contributed by atoms with Gasteiger partial charge < -0.3 is 14.2 Å². The molecule has 30 heavy (non-hydrogen) atoms. The van der Waals surface area contributed by atoms with Crippen LogP contribution in [0.5, 0.6) is 0 Å². The maximum atomic E-state index is 12.2. The van der Waals surface area contributed by atoms with Crippen LogP contribution in [-0.2, 0) is 0 Å². The molecule has 2 aliphatic rings. The minimum atomic E-state index is -0.151. The van der Waals surface area contributed by atoms with Crippen molar-refractivity contribution in [2.24, 2.45) is 0 Å². The fourth-order valence-corrected chi connectivity index (χ4v) is 5.10. The van der Waals surface area contributed by atoms with Crippen LogP contribution in [0.4, 0.5) is 0 Å². The van der Waals surface area contributed by atoms with E-state index in [2.05, 4.69) is 26.3 Å². The molecule has 0 radical (unpaired) electrons. The van der Waals surface area contributed by atoms with E-state index in [9.17, 15) is 10.1 Å². The Kier molecular flexibility index (Phi) is 6.96. The Labute approximate surface area is 186 Å². The summed E-state index contributed by atoms with van der Waals surface area (Å²) in [4.78, 5) is 17.9. The van der Waals surface area contributed by atoms with Gasteiger partial charge in [0.1, 0.15) is 0 Å². The number of fused-ring (bicyclic) bond motifs is 1. The number of allylic oxidation sites excluding steroid dienone is 4. The van der Waals surface area contributed by atoms with Gasteiger partial charge in [-0.2, -0.15) is 5.26 Å². The summed E-state index contributed by atoms with van der Waals surface area (Å²) in [7, 11) is 4.06. The van der Waals surface area contributed by atoms with Gasteiger partial charge in [0.15, 0.2) is 0 Å². The first-order chi connectivity index (χ1) is 14.5. The number of hydrogen-bond donors (Lipinski definition) is 1. The molecule has 0 bridgehead atoms. The number of benzene rings is 1. The lowest BCUT2D eigenvalue weighted by Gasteiger charge is -2.21. The van der Waals surface area contributed by atoms with Gasteiger partial charge in [0, 0.05) is 65.8 Å². The smallest absolute Gasteiger partial charge is 0.255 e. The number of nitrogens with zero attached hydrogens (tertiary/aromatic N) is 3. The van der Waals surface area contributed by atoms with Crippen LogP contribution in [0.25, 0.3) is 10.8 Å². The van der Waals surface area contributed by atoms with Crippen molar-refractivity contribution >= 4 is 34.3 Å². The predicted molar refractivity (Wildman–Crippen MR) is 125 cm³/mol. The topological polar surface area (TPSA) is 63.1 Å². The Morgan fingerprint density at radius 3 is 2.77 bits per heavy atom. The maximum Gasteiger partial charge on any atom is 0.255 e. The molecule has 0 saturated heterocycles. The number of rotatable bonds is 3. The van der Waals surface area contributed by atoms with E-state index < -0.39 is 0 Å². The zero-order valence-electron chi connectivity index (χ0n) is 17.6. The van der Waals surface area contributed by atoms with Gasteiger partial charge in [-0.25, -0.2) is 0 Å². The highest BCUT2D eigenvalue weighted by atomic mass is 35.5. The molecule has 4 rings (SSSR count). The number of hydrogen-bond acceptors (Lipinski definition) is 5. The quantitative estimate of drug-likeness (QED) is 0.641. The van der Waals surface area contributed by atoms with E-state index in [1.165, 1.54) is 11.8 Å². The molecule has 1 N–H and O–H groups in total. The van der Waals surface area contributed by atoms with Crippen molar-refractivity contribution in [3.05, 3.63) is 74.5 Å². The van der Waals surface area contributed by atoms with E-state index >= 15 is 0 Å². The molecule has 1 aliphatic carbocycles. The van der Waals surface area contributed by atoms with Crippen LogP contribution in [0, 0.1) is 11.3 Å². The molecule has 1 aromatic heterocycles. The SMILES string of the molecule is CC.CN(C)C1=CCC(C#N)=CC2=C1CCN2Sc1cccc2c(=O)[nH]cc(Cl)c12. The zero-order chi connectivity index (χ0) is 21.8. The molecule has 2 heterocycles. The summed E-state index contributed by atoms with van der Waals surface area (Å²) >= 11 is 7.97. The Balaban J connectivity index is 0.00000124. The van der Waals surface area contributed by atoms with Gasteiger partial charge in [0.05, 0.1) is 16.8 Å². The van der Waals surface area contributed by atoms with Crippen molar-refractivity contribution in [3.63, 3.8) is 0 Å². The number of pyridine rings is 1. The fraction of sp³-hybridized carbons (Fsp3) is 0.304. The Morgan fingerprint density at radius 1 is 1.30 bits per heavy atom. The number of halogens is 1.